The molecule has 0 aromatic rings. The molecule has 1 heterocycles. The largest absolute Gasteiger partial charge is 0.369 e. The van der Waals surface area contributed by atoms with Gasteiger partial charge in [0.1, 0.15) is 0 Å². The second kappa shape index (κ2) is 6.38. The van der Waals surface area contributed by atoms with Crippen LogP contribution in [0.4, 0.5) is 0 Å². The first kappa shape index (κ1) is 15.2. The molecule has 2 amide bonds. The highest BCUT2D eigenvalue weighted by Crippen LogP contribution is 2.21. The molecule has 6 heteroatoms. The maximum absolute atomic E-state index is 12.3. The highest BCUT2D eigenvalue weighted by molar-refractivity contribution is 6.19. The molecule has 0 aliphatic carbocycles. The van der Waals surface area contributed by atoms with Gasteiger partial charge in [-0.15, -0.1) is 11.6 Å². The van der Waals surface area contributed by atoms with Crippen molar-refractivity contribution in [2.24, 2.45) is 11.1 Å². The van der Waals surface area contributed by atoms with Crippen LogP contribution in [0.1, 0.15) is 20.3 Å². The third kappa shape index (κ3) is 4.14. The molecule has 0 saturated carbocycles. The maximum Gasteiger partial charge on any atom is 0.231 e. The second-order valence-corrected chi connectivity index (χ2v) is 5.67. The lowest BCUT2D eigenvalue weighted by Crippen LogP contribution is -2.44. The van der Waals surface area contributed by atoms with Gasteiger partial charge in [-0.2, -0.15) is 0 Å². The van der Waals surface area contributed by atoms with Gasteiger partial charge in [0.15, 0.2) is 0 Å². The van der Waals surface area contributed by atoms with Gasteiger partial charge in [0, 0.05) is 32.1 Å². The summed E-state index contributed by atoms with van der Waals surface area (Å²) in [6.45, 7) is 6.81. The number of carbonyl (C=O) groups excluding carboxylic acids is 2. The van der Waals surface area contributed by atoms with E-state index in [1.54, 1.807) is 0 Å². The molecule has 18 heavy (non-hydrogen) atoms. The quantitative estimate of drug-likeness (QED) is 0.749. The van der Waals surface area contributed by atoms with E-state index in [0.717, 1.165) is 13.0 Å². The van der Waals surface area contributed by atoms with Crippen molar-refractivity contribution in [1.82, 2.24) is 9.80 Å². The van der Waals surface area contributed by atoms with Gasteiger partial charge in [-0.25, -0.2) is 0 Å². The lowest BCUT2D eigenvalue weighted by Gasteiger charge is -2.29. The summed E-state index contributed by atoms with van der Waals surface area (Å²) < 4.78 is 0. The predicted octanol–water partition coefficient (Wildman–Crippen LogP) is 0.271. The zero-order chi connectivity index (χ0) is 13.8. The van der Waals surface area contributed by atoms with Crippen molar-refractivity contribution in [3.05, 3.63) is 0 Å². The van der Waals surface area contributed by atoms with E-state index in [2.05, 4.69) is 0 Å². The molecular formula is C12H22ClN3O2. The minimum absolute atomic E-state index is 0.0819. The molecule has 1 aliphatic rings. The van der Waals surface area contributed by atoms with Crippen molar-refractivity contribution >= 4 is 23.4 Å². The average molecular weight is 276 g/mol. The van der Waals surface area contributed by atoms with Crippen LogP contribution < -0.4 is 5.73 Å². The minimum atomic E-state index is -0.527. The summed E-state index contributed by atoms with van der Waals surface area (Å²) in [5.41, 5.74) is 4.65. The molecule has 0 aromatic carbocycles. The summed E-state index contributed by atoms with van der Waals surface area (Å²) in [6.07, 6.45) is 0.859. The normalized spacial score (nSPS) is 18.5. The Morgan fingerprint density at radius 3 is 2.44 bits per heavy atom. The smallest absolute Gasteiger partial charge is 0.231 e. The molecule has 0 spiro atoms. The molecule has 1 aliphatic heterocycles. The summed E-state index contributed by atoms with van der Waals surface area (Å²) in [4.78, 5) is 27.0. The Morgan fingerprint density at radius 1 is 1.22 bits per heavy atom. The van der Waals surface area contributed by atoms with Crippen LogP contribution in [0.3, 0.4) is 0 Å². The van der Waals surface area contributed by atoms with E-state index in [9.17, 15) is 9.59 Å². The Bertz CT molecular complexity index is 320. The zero-order valence-electron chi connectivity index (χ0n) is 11.1. The van der Waals surface area contributed by atoms with Crippen molar-refractivity contribution in [3.63, 3.8) is 0 Å². The van der Waals surface area contributed by atoms with Crippen LogP contribution in [0.5, 0.6) is 0 Å². The number of halogens is 1. The first-order chi connectivity index (χ1) is 8.36. The molecule has 0 bridgehead atoms. The summed E-state index contributed by atoms with van der Waals surface area (Å²) in [5, 5.41) is 0. The number of nitrogens with two attached hydrogens (primary N) is 1. The molecule has 104 valence electrons. The number of rotatable bonds is 4. The van der Waals surface area contributed by atoms with Gasteiger partial charge in [0.05, 0.1) is 12.0 Å². The standard InChI is InChI=1S/C12H22ClN3O2/c1-12(2,9-13)11(18)16-5-3-4-15(6-7-16)8-10(14)17/h3-9H2,1-2H3,(H2,14,17). The van der Waals surface area contributed by atoms with Crippen molar-refractivity contribution in [2.75, 3.05) is 38.6 Å². The van der Waals surface area contributed by atoms with Gasteiger partial charge in [-0.05, 0) is 20.3 Å². The molecule has 0 aromatic heterocycles. The molecule has 1 saturated heterocycles. The van der Waals surface area contributed by atoms with Crippen molar-refractivity contribution < 1.29 is 9.59 Å². The fourth-order valence-corrected chi connectivity index (χ4v) is 2.15. The second-order valence-electron chi connectivity index (χ2n) is 5.41. The van der Waals surface area contributed by atoms with Crippen LogP contribution in [0.15, 0.2) is 0 Å². The number of nitrogens with zero attached hydrogens (tertiary/aromatic N) is 2. The summed E-state index contributed by atoms with van der Waals surface area (Å²) in [7, 11) is 0. The number of primary amides is 1. The lowest BCUT2D eigenvalue weighted by molar-refractivity contribution is -0.139. The highest BCUT2D eigenvalue weighted by Gasteiger charge is 2.32. The van der Waals surface area contributed by atoms with E-state index in [0.29, 0.717) is 25.5 Å². The van der Waals surface area contributed by atoms with Gasteiger partial charge in [0.2, 0.25) is 11.8 Å². The Labute approximate surface area is 113 Å². The van der Waals surface area contributed by atoms with Crippen LogP contribution in [0.2, 0.25) is 0 Å². The van der Waals surface area contributed by atoms with E-state index < -0.39 is 5.41 Å². The number of alkyl halides is 1. The topological polar surface area (TPSA) is 66.6 Å². The van der Waals surface area contributed by atoms with Gasteiger partial charge >= 0.3 is 0 Å². The molecule has 2 N–H and O–H groups in total. The number of amides is 2. The van der Waals surface area contributed by atoms with Gasteiger partial charge in [0.25, 0.3) is 0 Å². The molecule has 0 radical (unpaired) electrons. The monoisotopic (exact) mass is 275 g/mol. The van der Waals surface area contributed by atoms with Crippen LogP contribution in [0, 0.1) is 5.41 Å². The Kier molecular flexibility index (Phi) is 5.41. The van der Waals surface area contributed by atoms with Crippen molar-refractivity contribution in [2.45, 2.75) is 20.3 Å². The molecule has 1 fully saturated rings. The van der Waals surface area contributed by atoms with Crippen molar-refractivity contribution in [1.29, 1.82) is 0 Å². The first-order valence-corrected chi connectivity index (χ1v) is 6.76. The van der Waals surface area contributed by atoms with Gasteiger partial charge < -0.3 is 10.6 Å². The zero-order valence-corrected chi connectivity index (χ0v) is 11.9. The van der Waals surface area contributed by atoms with E-state index in [1.165, 1.54) is 0 Å². The van der Waals surface area contributed by atoms with E-state index in [-0.39, 0.29) is 18.4 Å². The van der Waals surface area contributed by atoms with Crippen LogP contribution >= 0.6 is 11.6 Å². The van der Waals surface area contributed by atoms with E-state index >= 15 is 0 Å². The Morgan fingerprint density at radius 2 is 1.89 bits per heavy atom. The number of hydrogen-bond acceptors (Lipinski definition) is 3. The fourth-order valence-electron chi connectivity index (χ4n) is 2.04. The maximum atomic E-state index is 12.3. The van der Waals surface area contributed by atoms with Crippen LogP contribution in [-0.2, 0) is 9.59 Å². The van der Waals surface area contributed by atoms with E-state index in [1.807, 2.05) is 23.6 Å². The fraction of sp³-hybridized carbons (Fsp3) is 0.833. The van der Waals surface area contributed by atoms with E-state index in [4.69, 9.17) is 17.3 Å². The van der Waals surface area contributed by atoms with Crippen LogP contribution in [0.25, 0.3) is 0 Å². The third-order valence-electron chi connectivity index (χ3n) is 3.17. The third-order valence-corrected chi connectivity index (χ3v) is 3.84. The highest BCUT2D eigenvalue weighted by atomic mass is 35.5. The molecular weight excluding hydrogens is 254 g/mol. The predicted molar refractivity (Wildman–Crippen MR) is 71.3 cm³/mol. The average Bonchev–Trinajstić information content (AvgIpc) is 2.53. The molecule has 1 rings (SSSR count). The number of carbonyl (C=O) groups is 2. The minimum Gasteiger partial charge on any atom is -0.369 e. The Balaban J connectivity index is 2.56. The van der Waals surface area contributed by atoms with Crippen molar-refractivity contribution in [3.8, 4) is 0 Å². The van der Waals surface area contributed by atoms with Crippen LogP contribution in [-0.4, -0.2) is 60.2 Å². The van der Waals surface area contributed by atoms with Gasteiger partial charge in [-0.1, -0.05) is 0 Å². The lowest BCUT2D eigenvalue weighted by atomic mass is 9.94. The summed E-state index contributed by atoms with van der Waals surface area (Å²) in [5.74, 6) is 0.0714. The Hall–Kier alpha value is -0.810. The number of hydrogen-bond donors (Lipinski definition) is 1. The summed E-state index contributed by atoms with van der Waals surface area (Å²) >= 11 is 5.83. The first-order valence-electron chi connectivity index (χ1n) is 6.23. The van der Waals surface area contributed by atoms with Gasteiger partial charge in [-0.3, -0.25) is 14.5 Å². The molecule has 0 unspecified atom stereocenters. The SMILES string of the molecule is CC(C)(CCl)C(=O)N1CCCN(CC(N)=O)CC1. The molecule has 0 atom stereocenters. The summed E-state index contributed by atoms with van der Waals surface area (Å²) in [6, 6.07) is 0. The molecule has 5 nitrogen and oxygen atoms in total.